The second-order valence-electron chi connectivity index (χ2n) is 6.56. The molecule has 0 bridgehead atoms. The number of nitrogens with zero attached hydrogens (tertiary/aromatic N) is 3. The maximum Gasteiger partial charge on any atom is 0.424 e. The molecule has 1 aliphatic rings. The van der Waals surface area contributed by atoms with E-state index in [2.05, 4.69) is 10.2 Å². The molecule has 148 valence electrons. The van der Waals surface area contributed by atoms with E-state index in [0.717, 1.165) is 18.2 Å². The predicted octanol–water partition coefficient (Wildman–Crippen LogP) is 1.70. The highest BCUT2D eigenvalue weighted by atomic mass is 32.2. The highest BCUT2D eigenvalue weighted by molar-refractivity contribution is 7.89. The molecule has 1 unspecified atom stereocenters. The standard InChI is InChI=1S/C16H22N4O6S/c1-11(21)10-19(16(22)23)20(26-13-4-2-3-5-13)27(24,25)14-7-6-12-9-17-18-15(12)8-14/h6-9,11,13,21H,2-5,10H2,1H3,(H,17,18)(H,22,23). The van der Waals surface area contributed by atoms with Gasteiger partial charge in [0, 0.05) is 9.96 Å². The fourth-order valence-corrected chi connectivity index (χ4v) is 4.31. The molecule has 0 spiro atoms. The van der Waals surface area contributed by atoms with Crippen LogP contribution < -0.4 is 0 Å². The lowest BCUT2D eigenvalue weighted by atomic mass is 10.3. The number of aliphatic hydroxyl groups excluding tert-OH is 1. The number of hydrogen-bond acceptors (Lipinski definition) is 6. The van der Waals surface area contributed by atoms with E-state index in [1.54, 1.807) is 12.3 Å². The van der Waals surface area contributed by atoms with Gasteiger partial charge in [0.2, 0.25) is 0 Å². The molecule has 1 saturated carbocycles. The third kappa shape index (κ3) is 4.21. The summed E-state index contributed by atoms with van der Waals surface area (Å²) in [6, 6.07) is 4.30. The van der Waals surface area contributed by atoms with Crippen LogP contribution in [0.25, 0.3) is 10.9 Å². The van der Waals surface area contributed by atoms with Crippen molar-refractivity contribution >= 4 is 27.0 Å². The first-order valence-electron chi connectivity index (χ1n) is 8.62. The first-order valence-corrected chi connectivity index (χ1v) is 10.1. The molecule has 1 amide bonds. The lowest BCUT2D eigenvalue weighted by molar-refractivity contribution is -0.230. The molecule has 1 aliphatic carbocycles. The average Bonchev–Trinajstić information content (AvgIpc) is 3.27. The number of nitrogens with one attached hydrogen (secondary N) is 1. The Kier molecular flexibility index (Phi) is 5.65. The van der Waals surface area contributed by atoms with Crippen LogP contribution in [0.5, 0.6) is 0 Å². The van der Waals surface area contributed by atoms with E-state index in [0.29, 0.717) is 27.9 Å². The highest BCUT2D eigenvalue weighted by Gasteiger charge is 2.38. The fraction of sp³-hybridized carbons (Fsp3) is 0.500. The molecule has 1 aromatic heterocycles. The van der Waals surface area contributed by atoms with Crippen molar-refractivity contribution in [1.29, 1.82) is 0 Å². The van der Waals surface area contributed by atoms with Gasteiger partial charge in [-0.05, 0) is 38.0 Å². The molecule has 10 nitrogen and oxygen atoms in total. The quantitative estimate of drug-likeness (QED) is 0.604. The maximum atomic E-state index is 13.2. The Labute approximate surface area is 156 Å². The third-order valence-corrected chi connectivity index (χ3v) is 5.86. The lowest BCUT2D eigenvalue weighted by Crippen LogP contribution is -2.52. The molecule has 2 aromatic rings. The summed E-state index contributed by atoms with van der Waals surface area (Å²) >= 11 is 0. The first-order chi connectivity index (χ1) is 12.8. The molecular formula is C16H22N4O6S. The predicted molar refractivity (Wildman–Crippen MR) is 94.9 cm³/mol. The summed E-state index contributed by atoms with van der Waals surface area (Å²) in [4.78, 5) is 17.2. The van der Waals surface area contributed by atoms with Crippen molar-refractivity contribution < 1.29 is 28.3 Å². The van der Waals surface area contributed by atoms with E-state index >= 15 is 0 Å². The minimum atomic E-state index is -4.35. The zero-order chi connectivity index (χ0) is 19.6. The van der Waals surface area contributed by atoms with Crippen LogP contribution >= 0.6 is 0 Å². The minimum Gasteiger partial charge on any atom is -0.464 e. The van der Waals surface area contributed by atoms with Crippen LogP contribution in [0.3, 0.4) is 0 Å². The van der Waals surface area contributed by atoms with E-state index in [1.807, 2.05) is 0 Å². The van der Waals surface area contributed by atoms with Gasteiger partial charge in [-0.2, -0.15) is 10.1 Å². The molecule has 1 heterocycles. The van der Waals surface area contributed by atoms with Crippen molar-refractivity contribution in [3.8, 4) is 0 Å². The molecule has 1 aromatic carbocycles. The van der Waals surface area contributed by atoms with Gasteiger partial charge >= 0.3 is 6.09 Å². The second-order valence-corrected chi connectivity index (χ2v) is 8.29. The highest BCUT2D eigenvalue weighted by Crippen LogP contribution is 2.28. The van der Waals surface area contributed by atoms with Gasteiger partial charge in [-0.25, -0.2) is 13.2 Å². The summed E-state index contributed by atoms with van der Waals surface area (Å²) in [7, 11) is -4.35. The van der Waals surface area contributed by atoms with Crippen LogP contribution in [0, 0.1) is 0 Å². The number of aromatic amines is 1. The molecule has 0 radical (unpaired) electrons. The van der Waals surface area contributed by atoms with E-state index in [4.69, 9.17) is 4.84 Å². The molecule has 0 aliphatic heterocycles. The third-order valence-electron chi connectivity index (χ3n) is 4.31. The van der Waals surface area contributed by atoms with Crippen LogP contribution in [0.1, 0.15) is 32.6 Å². The van der Waals surface area contributed by atoms with E-state index in [-0.39, 0.29) is 4.90 Å². The molecule has 3 rings (SSSR count). The van der Waals surface area contributed by atoms with Crippen LogP contribution in [0.15, 0.2) is 29.3 Å². The fourth-order valence-electron chi connectivity index (χ4n) is 3.00. The molecule has 1 fully saturated rings. The number of benzene rings is 1. The van der Waals surface area contributed by atoms with Crippen LogP contribution in [0.2, 0.25) is 0 Å². The zero-order valence-corrected chi connectivity index (χ0v) is 15.6. The molecule has 3 N–H and O–H groups in total. The van der Waals surface area contributed by atoms with Crippen LogP contribution in [-0.4, -0.2) is 63.3 Å². The van der Waals surface area contributed by atoms with Gasteiger partial charge in [-0.1, -0.05) is 12.8 Å². The number of rotatable bonds is 7. The molecule has 27 heavy (non-hydrogen) atoms. The second kappa shape index (κ2) is 7.80. The number of carboxylic acid groups (broad SMARTS) is 1. The van der Waals surface area contributed by atoms with Crippen molar-refractivity contribution in [2.45, 2.75) is 49.7 Å². The molecule has 0 saturated heterocycles. The molecule has 1 atom stereocenters. The Bertz CT molecular complexity index is 907. The Morgan fingerprint density at radius 2 is 2.11 bits per heavy atom. The summed E-state index contributed by atoms with van der Waals surface area (Å²) in [6.07, 6.45) is 1.54. The van der Waals surface area contributed by atoms with Crippen molar-refractivity contribution in [3.05, 3.63) is 24.4 Å². The largest absolute Gasteiger partial charge is 0.464 e. The van der Waals surface area contributed by atoms with Crippen molar-refractivity contribution in [3.63, 3.8) is 0 Å². The smallest absolute Gasteiger partial charge is 0.424 e. The number of H-pyrrole nitrogens is 1. The number of hydrogen-bond donors (Lipinski definition) is 3. The Balaban J connectivity index is 2.01. The van der Waals surface area contributed by atoms with Gasteiger partial charge in [-0.15, -0.1) is 0 Å². The summed E-state index contributed by atoms with van der Waals surface area (Å²) in [5.41, 5.74) is 0.495. The van der Waals surface area contributed by atoms with Crippen LogP contribution in [0.4, 0.5) is 4.79 Å². The SMILES string of the molecule is CC(O)CN(C(=O)O)N(OC1CCCC1)S(=O)(=O)c1ccc2cn[nH]c2c1. The summed E-state index contributed by atoms with van der Waals surface area (Å²) in [5, 5.41) is 26.9. The number of amides is 1. The van der Waals surface area contributed by atoms with Gasteiger partial charge in [0.05, 0.1) is 35.4 Å². The zero-order valence-electron chi connectivity index (χ0n) is 14.8. The van der Waals surface area contributed by atoms with Gasteiger partial charge in [0.25, 0.3) is 10.0 Å². The van der Waals surface area contributed by atoms with E-state index in [1.165, 1.54) is 19.1 Å². The van der Waals surface area contributed by atoms with Crippen molar-refractivity contribution in [2.24, 2.45) is 0 Å². The van der Waals surface area contributed by atoms with Gasteiger partial charge in [0.15, 0.2) is 0 Å². The minimum absolute atomic E-state index is 0.144. The Morgan fingerprint density at radius 1 is 1.41 bits per heavy atom. The molecular weight excluding hydrogens is 376 g/mol. The number of aliphatic hydroxyl groups is 1. The summed E-state index contributed by atoms with van der Waals surface area (Å²) in [5.74, 6) is 0. The van der Waals surface area contributed by atoms with Gasteiger partial charge in [-0.3, -0.25) is 9.94 Å². The number of carbonyl (C=O) groups is 1. The van der Waals surface area contributed by atoms with Crippen molar-refractivity contribution in [1.82, 2.24) is 19.8 Å². The monoisotopic (exact) mass is 398 g/mol. The normalized spacial score (nSPS) is 16.9. The van der Waals surface area contributed by atoms with Crippen molar-refractivity contribution in [2.75, 3.05) is 6.54 Å². The van der Waals surface area contributed by atoms with E-state index < -0.39 is 34.9 Å². The topological polar surface area (TPSA) is 136 Å². The lowest BCUT2D eigenvalue weighted by Gasteiger charge is -2.32. The number of fused-ring (bicyclic) bond motifs is 1. The first kappa shape index (κ1) is 19.5. The average molecular weight is 398 g/mol. The molecule has 11 heteroatoms. The van der Waals surface area contributed by atoms with Gasteiger partial charge < -0.3 is 10.2 Å². The van der Waals surface area contributed by atoms with Gasteiger partial charge in [0.1, 0.15) is 0 Å². The maximum absolute atomic E-state index is 13.2. The van der Waals surface area contributed by atoms with Crippen LogP contribution in [-0.2, 0) is 14.9 Å². The Hall–Kier alpha value is -2.21. The number of sulfonamides is 1. The van der Waals surface area contributed by atoms with E-state index in [9.17, 15) is 23.4 Å². The summed E-state index contributed by atoms with van der Waals surface area (Å²) < 4.78 is 26.8. The Morgan fingerprint density at radius 3 is 2.74 bits per heavy atom. The number of aromatic nitrogens is 2. The number of hydrazine groups is 1. The summed E-state index contributed by atoms with van der Waals surface area (Å²) in [6.45, 7) is 0.917.